The maximum absolute atomic E-state index is 11.6. The van der Waals surface area contributed by atoms with Crippen LogP contribution in [0.3, 0.4) is 0 Å². The molecule has 0 spiro atoms. The number of nitrogens with zero attached hydrogens (tertiary/aromatic N) is 1. The number of thiazole rings is 1. The predicted octanol–water partition coefficient (Wildman–Crippen LogP) is 1.49. The molecule has 0 atom stereocenters. The van der Waals surface area contributed by atoms with E-state index in [0.717, 1.165) is 15.6 Å². The Labute approximate surface area is 93.2 Å². The largest absolute Gasteiger partial charge is 0.349 e. The molecule has 0 radical (unpaired) electrons. The van der Waals surface area contributed by atoms with Gasteiger partial charge in [-0.2, -0.15) is 0 Å². The van der Waals surface area contributed by atoms with Crippen molar-refractivity contribution in [3.8, 4) is 0 Å². The van der Waals surface area contributed by atoms with Crippen molar-refractivity contribution in [3.05, 3.63) is 15.6 Å². The van der Waals surface area contributed by atoms with E-state index in [1.54, 1.807) is 0 Å². The Hall–Kier alpha value is -0.780. The smallest absolute Gasteiger partial charge is 0.217 e. The maximum Gasteiger partial charge on any atom is 0.217 e. The standard InChI is InChI=1S/C10H15NO3S/c1-6-7(2)15-9(11-6)5-8(12)10(13-3)14-4/h10H,5H2,1-4H3. The van der Waals surface area contributed by atoms with Crippen molar-refractivity contribution >= 4 is 17.1 Å². The number of hydrogen-bond acceptors (Lipinski definition) is 5. The molecule has 1 rings (SSSR count). The van der Waals surface area contributed by atoms with Crippen molar-refractivity contribution in [1.82, 2.24) is 4.98 Å². The molecule has 5 heteroatoms. The topological polar surface area (TPSA) is 48.4 Å². The van der Waals surface area contributed by atoms with E-state index in [9.17, 15) is 4.79 Å². The van der Waals surface area contributed by atoms with Crippen LogP contribution in [-0.4, -0.2) is 31.3 Å². The third kappa shape index (κ3) is 3.09. The molecule has 0 aliphatic carbocycles. The van der Waals surface area contributed by atoms with Crippen LogP contribution < -0.4 is 0 Å². The predicted molar refractivity (Wildman–Crippen MR) is 58.1 cm³/mol. The van der Waals surface area contributed by atoms with Crippen LogP contribution in [0.1, 0.15) is 15.6 Å². The van der Waals surface area contributed by atoms with Crippen LogP contribution in [-0.2, 0) is 20.7 Å². The average molecular weight is 229 g/mol. The van der Waals surface area contributed by atoms with E-state index in [-0.39, 0.29) is 12.2 Å². The van der Waals surface area contributed by atoms with E-state index >= 15 is 0 Å². The van der Waals surface area contributed by atoms with Gasteiger partial charge in [-0.15, -0.1) is 11.3 Å². The molecular formula is C10H15NO3S. The van der Waals surface area contributed by atoms with Gasteiger partial charge in [-0.25, -0.2) is 4.98 Å². The van der Waals surface area contributed by atoms with Gasteiger partial charge < -0.3 is 9.47 Å². The second-order valence-electron chi connectivity index (χ2n) is 3.20. The Morgan fingerprint density at radius 3 is 2.40 bits per heavy atom. The fourth-order valence-corrected chi connectivity index (χ4v) is 2.15. The maximum atomic E-state index is 11.6. The first-order valence-corrected chi connectivity index (χ1v) is 5.41. The minimum absolute atomic E-state index is 0.103. The van der Waals surface area contributed by atoms with Gasteiger partial charge in [-0.05, 0) is 13.8 Å². The zero-order valence-corrected chi connectivity index (χ0v) is 10.2. The number of aromatic nitrogens is 1. The summed E-state index contributed by atoms with van der Waals surface area (Å²) < 4.78 is 9.75. The monoisotopic (exact) mass is 229 g/mol. The van der Waals surface area contributed by atoms with Crippen LogP contribution in [0, 0.1) is 13.8 Å². The number of Topliss-reactive ketones (excluding diaryl/α,β-unsaturated/α-hetero) is 1. The lowest BCUT2D eigenvalue weighted by Crippen LogP contribution is -2.26. The third-order valence-corrected chi connectivity index (χ3v) is 3.16. The minimum Gasteiger partial charge on any atom is -0.349 e. The van der Waals surface area contributed by atoms with Crippen LogP contribution in [0.5, 0.6) is 0 Å². The summed E-state index contributed by atoms with van der Waals surface area (Å²) in [5.74, 6) is -0.103. The molecule has 0 saturated heterocycles. The SMILES string of the molecule is COC(OC)C(=O)Cc1nc(C)c(C)s1. The number of aryl methyl sites for hydroxylation is 2. The van der Waals surface area contributed by atoms with Crippen molar-refractivity contribution in [2.45, 2.75) is 26.6 Å². The number of methoxy groups -OCH3 is 2. The van der Waals surface area contributed by atoms with Crippen molar-refractivity contribution in [1.29, 1.82) is 0 Å². The van der Waals surface area contributed by atoms with Crippen molar-refractivity contribution < 1.29 is 14.3 Å². The molecule has 84 valence electrons. The molecule has 15 heavy (non-hydrogen) atoms. The first-order valence-electron chi connectivity index (χ1n) is 4.59. The van der Waals surface area contributed by atoms with E-state index in [1.165, 1.54) is 25.6 Å². The van der Waals surface area contributed by atoms with Gasteiger partial charge in [-0.3, -0.25) is 4.79 Å². The number of ketones is 1. The zero-order chi connectivity index (χ0) is 11.4. The Morgan fingerprint density at radius 1 is 1.40 bits per heavy atom. The number of hydrogen-bond donors (Lipinski definition) is 0. The zero-order valence-electron chi connectivity index (χ0n) is 9.36. The normalized spacial score (nSPS) is 11.0. The van der Waals surface area contributed by atoms with Crippen molar-refractivity contribution in [3.63, 3.8) is 0 Å². The quantitative estimate of drug-likeness (QED) is 0.718. The van der Waals surface area contributed by atoms with E-state index in [4.69, 9.17) is 9.47 Å². The van der Waals surface area contributed by atoms with Gasteiger partial charge in [0.15, 0.2) is 5.78 Å². The molecule has 1 heterocycles. The Kier molecular flexibility index (Phi) is 4.38. The second-order valence-corrected chi connectivity index (χ2v) is 4.48. The molecule has 0 bridgehead atoms. The summed E-state index contributed by atoms with van der Waals surface area (Å²) in [6, 6.07) is 0. The first-order chi connectivity index (χ1) is 7.08. The van der Waals surface area contributed by atoms with Crippen LogP contribution >= 0.6 is 11.3 Å². The molecule has 0 aromatic carbocycles. The van der Waals surface area contributed by atoms with Gasteiger partial charge in [0.25, 0.3) is 0 Å². The molecular weight excluding hydrogens is 214 g/mol. The summed E-state index contributed by atoms with van der Waals surface area (Å²) in [6.45, 7) is 3.93. The highest BCUT2D eigenvalue weighted by Crippen LogP contribution is 2.17. The number of carbonyl (C=O) groups is 1. The van der Waals surface area contributed by atoms with E-state index in [1.807, 2.05) is 13.8 Å². The van der Waals surface area contributed by atoms with Gasteiger partial charge >= 0.3 is 0 Å². The molecule has 0 saturated carbocycles. The lowest BCUT2D eigenvalue weighted by molar-refractivity contribution is -0.155. The van der Waals surface area contributed by atoms with Crippen LogP contribution in [0.25, 0.3) is 0 Å². The molecule has 0 aliphatic heterocycles. The van der Waals surface area contributed by atoms with Crippen LogP contribution in [0.15, 0.2) is 0 Å². The molecule has 0 N–H and O–H groups in total. The van der Waals surface area contributed by atoms with Crippen molar-refractivity contribution in [2.24, 2.45) is 0 Å². The Bertz CT molecular complexity index is 325. The molecule has 0 aliphatic rings. The number of carbonyl (C=O) groups excluding carboxylic acids is 1. The summed E-state index contributed by atoms with van der Waals surface area (Å²) >= 11 is 1.54. The van der Waals surface area contributed by atoms with Gasteiger partial charge in [0, 0.05) is 19.1 Å². The van der Waals surface area contributed by atoms with Crippen LogP contribution in [0.2, 0.25) is 0 Å². The van der Waals surface area contributed by atoms with E-state index in [0.29, 0.717) is 0 Å². The lowest BCUT2D eigenvalue weighted by atomic mass is 10.3. The summed E-state index contributed by atoms with van der Waals surface area (Å²) in [5, 5.41) is 0.814. The average Bonchev–Trinajstić information content (AvgIpc) is 2.47. The first kappa shape index (κ1) is 12.3. The van der Waals surface area contributed by atoms with Crippen molar-refractivity contribution in [2.75, 3.05) is 14.2 Å². The molecule has 0 fully saturated rings. The third-order valence-electron chi connectivity index (χ3n) is 2.09. The molecule has 4 nitrogen and oxygen atoms in total. The van der Waals surface area contributed by atoms with E-state index < -0.39 is 6.29 Å². The summed E-state index contributed by atoms with van der Waals surface area (Å²) in [5.41, 5.74) is 0.981. The highest BCUT2D eigenvalue weighted by atomic mass is 32.1. The van der Waals surface area contributed by atoms with Gasteiger partial charge in [-0.1, -0.05) is 0 Å². The molecule has 1 aromatic rings. The van der Waals surface area contributed by atoms with Gasteiger partial charge in [0.1, 0.15) is 5.01 Å². The van der Waals surface area contributed by atoms with Crippen LogP contribution in [0.4, 0.5) is 0 Å². The summed E-state index contributed by atoms with van der Waals surface area (Å²) in [4.78, 5) is 17.0. The Balaban J connectivity index is 2.65. The second kappa shape index (κ2) is 5.34. The highest BCUT2D eigenvalue weighted by molar-refractivity contribution is 7.11. The van der Waals surface area contributed by atoms with E-state index in [2.05, 4.69) is 4.98 Å². The fraction of sp³-hybridized carbons (Fsp3) is 0.600. The number of rotatable bonds is 5. The summed E-state index contributed by atoms with van der Waals surface area (Å²) in [7, 11) is 2.90. The van der Waals surface area contributed by atoms with Gasteiger partial charge in [0.05, 0.1) is 12.1 Å². The lowest BCUT2D eigenvalue weighted by Gasteiger charge is -2.10. The van der Waals surface area contributed by atoms with Gasteiger partial charge in [0.2, 0.25) is 6.29 Å². The highest BCUT2D eigenvalue weighted by Gasteiger charge is 2.18. The fourth-order valence-electron chi connectivity index (χ4n) is 1.21. The molecule has 0 amide bonds. The number of ether oxygens (including phenoxy) is 2. The molecule has 0 unspecified atom stereocenters. The Morgan fingerprint density at radius 2 is 2.00 bits per heavy atom. The molecule has 1 aromatic heterocycles. The minimum atomic E-state index is -0.783. The summed E-state index contributed by atoms with van der Waals surface area (Å²) in [6.07, 6.45) is -0.513.